The van der Waals surface area contributed by atoms with Crippen molar-refractivity contribution in [2.75, 3.05) is 13.2 Å². The van der Waals surface area contributed by atoms with E-state index in [0.717, 1.165) is 19.5 Å². The van der Waals surface area contributed by atoms with Crippen LogP contribution >= 0.6 is 0 Å². The Morgan fingerprint density at radius 1 is 1.00 bits per heavy atom. The van der Waals surface area contributed by atoms with Crippen LogP contribution in [0.2, 0.25) is 0 Å². The van der Waals surface area contributed by atoms with Crippen molar-refractivity contribution in [1.82, 2.24) is 5.32 Å². The minimum atomic E-state index is 0.228. The van der Waals surface area contributed by atoms with Gasteiger partial charge in [-0.1, -0.05) is 54.6 Å². The molecule has 106 valence electrons. The van der Waals surface area contributed by atoms with Crippen molar-refractivity contribution < 1.29 is 5.11 Å². The number of hydrogen-bond acceptors (Lipinski definition) is 2. The van der Waals surface area contributed by atoms with E-state index in [1.807, 2.05) is 6.07 Å². The van der Waals surface area contributed by atoms with Crippen molar-refractivity contribution in [3.63, 3.8) is 0 Å². The number of aliphatic hydroxyl groups excluding tert-OH is 1. The molecule has 0 saturated heterocycles. The molecule has 0 aliphatic carbocycles. The largest absolute Gasteiger partial charge is 0.396 e. The minimum absolute atomic E-state index is 0.228. The van der Waals surface area contributed by atoms with Crippen LogP contribution in [-0.2, 0) is 6.54 Å². The average Bonchev–Trinajstić information content (AvgIpc) is 2.49. The quantitative estimate of drug-likeness (QED) is 0.808. The molecule has 2 N–H and O–H groups in total. The fourth-order valence-electron chi connectivity index (χ4n) is 2.46. The van der Waals surface area contributed by atoms with E-state index in [2.05, 4.69) is 60.8 Å². The lowest BCUT2D eigenvalue weighted by Crippen LogP contribution is -2.22. The number of benzene rings is 2. The maximum absolute atomic E-state index is 9.23. The van der Waals surface area contributed by atoms with E-state index in [0.29, 0.717) is 5.92 Å². The van der Waals surface area contributed by atoms with E-state index < -0.39 is 0 Å². The molecule has 0 aliphatic heterocycles. The normalized spacial score (nSPS) is 12.3. The average molecular weight is 269 g/mol. The Hall–Kier alpha value is -1.64. The maximum atomic E-state index is 9.23. The Bertz CT molecular complexity index is 510. The SMILES string of the molecule is Cc1ccccc1CNCC(CCO)c1ccccc1. The summed E-state index contributed by atoms with van der Waals surface area (Å²) in [5, 5.41) is 12.7. The summed E-state index contributed by atoms with van der Waals surface area (Å²) in [5.74, 6) is 0.366. The molecule has 0 aromatic heterocycles. The molecular formula is C18H23NO. The lowest BCUT2D eigenvalue weighted by molar-refractivity contribution is 0.273. The van der Waals surface area contributed by atoms with Crippen LogP contribution in [0.4, 0.5) is 0 Å². The van der Waals surface area contributed by atoms with E-state index in [-0.39, 0.29) is 6.61 Å². The fourth-order valence-corrected chi connectivity index (χ4v) is 2.46. The van der Waals surface area contributed by atoms with E-state index in [4.69, 9.17) is 0 Å². The van der Waals surface area contributed by atoms with Gasteiger partial charge in [0.05, 0.1) is 0 Å². The van der Waals surface area contributed by atoms with Gasteiger partial charge in [0.2, 0.25) is 0 Å². The summed E-state index contributed by atoms with van der Waals surface area (Å²) < 4.78 is 0. The van der Waals surface area contributed by atoms with Crippen molar-refractivity contribution in [3.05, 3.63) is 71.3 Å². The molecule has 0 fully saturated rings. The molecule has 2 rings (SSSR count). The monoisotopic (exact) mass is 269 g/mol. The van der Waals surface area contributed by atoms with Gasteiger partial charge in [0.1, 0.15) is 0 Å². The van der Waals surface area contributed by atoms with Crippen molar-refractivity contribution in [2.45, 2.75) is 25.8 Å². The second kappa shape index (κ2) is 7.83. The zero-order chi connectivity index (χ0) is 14.2. The molecule has 0 heterocycles. The number of nitrogens with one attached hydrogen (secondary N) is 1. The highest BCUT2D eigenvalue weighted by Crippen LogP contribution is 2.18. The lowest BCUT2D eigenvalue weighted by Gasteiger charge is -2.17. The molecule has 0 amide bonds. The van der Waals surface area contributed by atoms with Gasteiger partial charge in [-0.05, 0) is 36.0 Å². The van der Waals surface area contributed by atoms with Gasteiger partial charge in [-0.3, -0.25) is 0 Å². The predicted octanol–water partition coefficient (Wildman–Crippen LogP) is 3.25. The van der Waals surface area contributed by atoms with Gasteiger partial charge < -0.3 is 10.4 Å². The Labute approximate surface area is 121 Å². The molecule has 2 aromatic rings. The van der Waals surface area contributed by atoms with Gasteiger partial charge in [0, 0.05) is 19.7 Å². The molecule has 0 aliphatic rings. The smallest absolute Gasteiger partial charge is 0.0437 e. The fraction of sp³-hybridized carbons (Fsp3) is 0.333. The van der Waals surface area contributed by atoms with E-state index in [1.165, 1.54) is 16.7 Å². The second-order valence-electron chi connectivity index (χ2n) is 5.18. The summed E-state index contributed by atoms with van der Waals surface area (Å²) in [6.45, 7) is 4.13. The molecule has 0 saturated carbocycles. The molecule has 2 heteroatoms. The summed E-state index contributed by atoms with van der Waals surface area (Å²) in [7, 11) is 0. The zero-order valence-electron chi connectivity index (χ0n) is 12.0. The van der Waals surface area contributed by atoms with Crippen LogP contribution in [0, 0.1) is 6.92 Å². The van der Waals surface area contributed by atoms with E-state index in [1.54, 1.807) is 0 Å². The van der Waals surface area contributed by atoms with Gasteiger partial charge >= 0.3 is 0 Å². The van der Waals surface area contributed by atoms with Crippen LogP contribution < -0.4 is 5.32 Å². The first-order valence-electron chi connectivity index (χ1n) is 7.22. The summed E-state index contributed by atoms with van der Waals surface area (Å²) in [6.07, 6.45) is 0.796. The molecule has 0 radical (unpaired) electrons. The Morgan fingerprint density at radius 2 is 1.70 bits per heavy atom. The van der Waals surface area contributed by atoms with Gasteiger partial charge in [0.25, 0.3) is 0 Å². The topological polar surface area (TPSA) is 32.3 Å². The van der Waals surface area contributed by atoms with Crippen molar-refractivity contribution >= 4 is 0 Å². The standard InChI is InChI=1S/C18H23NO/c1-15-7-5-6-10-17(15)13-19-14-18(11-12-20)16-8-3-2-4-9-16/h2-10,18-20H,11-14H2,1H3. The third-order valence-electron chi connectivity index (χ3n) is 3.72. The number of hydrogen-bond donors (Lipinski definition) is 2. The molecule has 1 unspecified atom stereocenters. The van der Waals surface area contributed by atoms with Crippen LogP contribution in [0.1, 0.15) is 29.0 Å². The third-order valence-corrected chi connectivity index (χ3v) is 3.72. The van der Waals surface area contributed by atoms with Crippen LogP contribution in [0.3, 0.4) is 0 Å². The number of aliphatic hydroxyl groups is 1. The molecule has 2 aromatic carbocycles. The molecule has 0 spiro atoms. The molecule has 2 nitrogen and oxygen atoms in total. The highest BCUT2D eigenvalue weighted by atomic mass is 16.3. The van der Waals surface area contributed by atoms with Crippen LogP contribution in [0.15, 0.2) is 54.6 Å². The summed E-state index contributed by atoms with van der Waals surface area (Å²) in [4.78, 5) is 0. The van der Waals surface area contributed by atoms with Gasteiger partial charge in [0.15, 0.2) is 0 Å². The molecule has 1 atom stereocenters. The highest BCUT2D eigenvalue weighted by Gasteiger charge is 2.10. The van der Waals surface area contributed by atoms with Gasteiger partial charge in [-0.25, -0.2) is 0 Å². The summed E-state index contributed by atoms with van der Waals surface area (Å²) in [6, 6.07) is 18.9. The third kappa shape index (κ3) is 4.19. The Morgan fingerprint density at radius 3 is 2.40 bits per heavy atom. The first kappa shape index (κ1) is 14.8. The van der Waals surface area contributed by atoms with Crippen LogP contribution in [-0.4, -0.2) is 18.3 Å². The molecule has 0 bridgehead atoms. The highest BCUT2D eigenvalue weighted by molar-refractivity contribution is 5.25. The van der Waals surface area contributed by atoms with Crippen LogP contribution in [0.25, 0.3) is 0 Å². The minimum Gasteiger partial charge on any atom is -0.396 e. The Kier molecular flexibility index (Phi) is 5.78. The lowest BCUT2D eigenvalue weighted by atomic mass is 9.96. The first-order chi connectivity index (χ1) is 9.81. The maximum Gasteiger partial charge on any atom is 0.0437 e. The summed E-state index contributed by atoms with van der Waals surface area (Å²) >= 11 is 0. The predicted molar refractivity (Wildman–Crippen MR) is 83.8 cm³/mol. The number of rotatable bonds is 7. The van der Waals surface area contributed by atoms with Crippen molar-refractivity contribution in [2.24, 2.45) is 0 Å². The second-order valence-corrected chi connectivity index (χ2v) is 5.18. The van der Waals surface area contributed by atoms with E-state index >= 15 is 0 Å². The summed E-state index contributed by atoms with van der Waals surface area (Å²) in [5.41, 5.74) is 3.94. The van der Waals surface area contributed by atoms with Crippen LogP contribution in [0.5, 0.6) is 0 Å². The van der Waals surface area contributed by atoms with Gasteiger partial charge in [-0.2, -0.15) is 0 Å². The zero-order valence-corrected chi connectivity index (χ0v) is 12.0. The van der Waals surface area contributed by atoms with Crippen molar-refractivity contribution in [3.8, 4) is 0 Å². The van der Waals surface area contributed by atoms with E-state index in [9.17, 15) is 5.11 Å². The Balaban J connectivity index is 1.92. The van der Waals surface area contributed by atoms with Gasteiger partial charge in [-0.15, -0.1) is 0 Å². The molecule has 20 heavy (non-hydrogen) atoms. The number of aryl methyl sites for hydroxylation is 1. The van der Waals surface area contributed by atoms with Crippen molar-refractivity contribution in [1.29, 1.82) is 0 Å². The molecular weight excluding hydrogens is 246 g/mol. The first-order valence-corrected chi connectivity index (χ1v) is 7.22.